The van der Waals surface area contributed by atoms with Crippen LogP contribution in [0.15, 0.2) is 79.0 Å². The third-order valence-corrected chi connectivity index (χ3v) is 7.45. The van der Waals surface area contributed by atoms with Crippen molar-refractivity contribution in [2.45, 2.75) is 39.0 Å². The summed E-state index contributed by atoms with van der Waals surface area (Å²) in [6.45, 7) is 4.70. The Kier molecular flexibility index (Phi) is 7.63. The SMILES string of the molecule is CCC(=C(c1ccc(OC)cc1)c1ccc(OC)cc1)c1cn(C[C@H](O)N2CCCC2)c2ccccc12. The van der Waals surface area contributed by atoms with Gasteiger partial charge in [0.2, 0.25) is 0 Å². The van der Waals surface area contributed by atoms with Crippen molar-refractivity contribution in [1.29, 1.82) is 0 Å². The lowest BCUT2D eigenvalue weighted by Crippen LogP contribution is -2.35. The van der Waals surface area contributed by atoms with Gasteiger partial charge < -0.3 is 19.1 Å². The summed E-state index contributed by atoms with van der Waals surface area (Å²) < 4.78 is 13.1. The average molecular weight is 497 g/mol. The molecule has 0 amide bonds. The van der Waals surface area contributed by atoms with E-state index in [9.17, 15) is 5.11 Å². The van der Waals surface area contributed by atoms with Gasteiger partial charge in [-0.05, 0) is 71.9 Å². The minimum Gasteiger partial charge on any atom is -0.497 e. The van der Waals surface area contributed by atoms with E-state index in [1.807, 2.05) is 24.3 Å². The maximum absolute atomic E-state index is 11.0. The highest BCUT2D eigenvalue weighted by atomic mass is 16.5. The van der Waals surface area contributed by atoms with Crippen LogP contribution in [-0.2, 0) is 6.54 Å². The summed E-state index contributed by atoms with van der Waals surface area (Å²) in [4.78, 5) is 2.19. The zero-order valence-corrected chi connectivity index (χ0v) is 22.0. The van der Waals surface area contributed by atoms with Gasteiger partial charge in [0.1, 0.15) is 17.7 Å². The Bertz CT molecular complexity index is 1310. The van der Waals surface area contributed by atoms with Crippen molar-refractivity contribution in [1.82, 2.24) is 9.47 Å². The fourth-order valence-corrected chi connectivity index (χ4v) is 5.50. The van der Waals surface area contributed by atoms with Crippen molar-refractivity contribution in [3.63, 3.8) is 0 Å². The van der Waals surface area contributed by atoms with Crippen LogP contribution in [-0.4, -0.2) is 48.1 Å². The first-order chi connectivity index (χ1) is 18.1. The van der Waals surface area contributed by atoms with Crippen LogP contribution < -0.4 is 9.47 Å². The van der Waals surface area contributed by atoms with Crippen LogP contribution in [0.5, 0.6) is 11.5 Å². The molecular formula is C32H36N2O3. The van der Waals surface area contributed by atoms with E-state index in [1.165, 1.54) is 22.1 Å². The third kappa shape index (κ3) is 5.15. The third-order valence-electron chi connectivity index (χ3n) is 7.45. The molecule has 0 spiro atoms. The van der Waals surface area contributed by atoms with Gasteiger partial charge >= 0.3 is 0 Å². The molecule has 4 aromatic rings. The van der Waals surface area contributed by atoms with Crippen molar-refractivity contribution in [2.24, 2.45) is 0 Å². The van der Waals surface area contributed by atoms with Crippen molar-refractivity contribution in [2.75, 3.05) is 27.3 Å². The zero-order valence-electron chi connectivity index (χ0n) is 22.0. The van der Waals surface area contributed by atoms with E-state index in [0.717, 1.165) is 60.5 Å². The standard InChI is InChI=1S/C32H36N2O3/c1-4-27(32(23-11-15-25(36-2)16-12-23)24-13-17-26(37-3)18-14-24)29-21-34(30-10-6-5-9-28(29)30)22-31(35)33-19-7-8-20-33/h5-6,9-18,21,31,35H,4,7-8,19-20,22H2,1-3H3/t31-/m0/s1. The molecule has 1 N–H and O–H groups in total. The number of likely N-dealkylation sites (tertiary alicyclic amines) is 1. The van der Waals surface area contributed by atoms with Gasteiger partial charge in [-0.15, -0.1) is 0 Å². The quantitative estimate of drug-likeness (QED) is 0.290. The summed E-state index contributed by atoms with van der Waals surface area (Å²) >= 11 is 0. The van der Waals surface area contributed by atoms with Gasteiger partial charge in [-0.1, -0.05) is 49.4 Å². The minimum absolute atomic E-state index is 0.483. The first kappa shape index (κ1) is 25.1. The van der Waals surface area contributed by atoms with Crippen molar-refractivity contribution >= 4 is 22.0 Å². The number of ether oxygens (including phenoxy) is 2. The largest absolute Gasteiger partial charge is 0.497 e. The molecule has 1 aromatic heterocycles. The summed E-state index contributed by atoms with van der Waals surface area (Å²) in [6, 6.07) is 25.1. The molecule has 1 saturated heterocycles. The molecule has 0 radical (unpaired) electrons. The molecule has 3 aromatic carbocycles. The topological polar surface area (TPSA) is 46.9 Å². The van der Waals surface area contributed by atoms with Gasteiger partial charge in [0.15, 0.2) is 0 Å². The van der Waals surface area contributed by atoms with E-state index in [1.54, 1.807) is 14.2 Å². The van der Waals surface area contributed by atoms with Crippen LogP contribution in [0.3, 0.4) is 0 Å². The van der Waals surface area contributed by atoms with E-state index < -0.39 is 6.23 Å². The molecule has 0 bridgehead atoms. The lowest BCUT2D eigenvalue weighted by Gasteiger charge is -2.23. The Morgan fingerprint density at radius 3 is 1.95 bits per heavy atom. The number of rotatable bonds is 9. The van der Waals surface area contributed by atoms with Crippen LogP contribution in [0.25, 0.3) is 22.0 Å². The highest BCUT2D eigenvalue weighted by Crippen LogP contribution is 2.39. The van der Waals surface area contributed by atoms with E-state index in [0.29, 0.717) is 6.54 Å². The number of para-hydroxylation sites is 1. The fourth-order valence-electron chi connectivity index (χ4n) is 5.50. The van der Waals surface area contributed by atoms with Gasteiger partial charge in [-0.3, -0.25) is 4.90 Å². The highest BCUT2D eigenvalue weighted by molar-refractivity contribution is 6.05. The predicted molar refractivity (Wildman–Crippen MR) is 151 cm³/mol. The molecule has 0 saturated carbocycles. The Hall–Kier alpha value is -3.54. The molecular weight excluding hydrogens is 460 g/mol. The number of benzene rings is 3. The summed E-state index contributed by atoms with van der Waals surface area (Å²) in [5, 5.41) is 12.2. The maximum atomic E-state index is 11.0. The summed E-state index contributed by atoms with van der Waals surface area (Å²) in [5.41, 5.74) is 7.07. The molecule has 37 heavy (non-hydrogen) atoms. The number of aliphatic hydroxyl groups excluding tert-OH is 1. The number of methoxy groups -OCH3 is 2. The van der Waals surface area contributed by atoms with Crippen LogP contribution in [0, 0.1) is 0 Å². The number of nitrogens with zero attached hydrogens (tertiary/aromatic N) is 2. The molecule has 1 aliphatic rings. The highest BCUT2D eigenvalue weighted by Gasteiger charge is 2.22. The van der Waals surface area contributed by atoms with E-state index in [4.69, 9.17) is 9.47 Å². The normalized spacial score (nSPS) is 14.6. The van der Waals surface area contributed by atoms with Gasteiger partial charge in [-0.25, -0.2) is 0 Å². The Balaban J connectivity index is 1.67. The summed E-state index contributed by atoms with van der Waals surface area (Å²) in [6.07, 6.45) is 4.92. The van der Waals surface area contributed by atoms with Crippen LogP contribution >= 0.6 is 0 Å². The van der Waals surface area contributed by atoms with Crippen molar-refractivity contribution in [3.8, 4) is 11.5 Å². The predicted octanol–water partition coefficient (Wildman–Crippen LogP) is 6.44. The van der Waals surface area contributed by atoms with E-state index in [2.05, 4.69) is 71.1 Å². The minimum atomic E-state index is -0.483. The Morgan fingerprint density at radius 2 is 1.41 bits per heavy atom. The maximum Gasteiger partial charge on any atom is 0.125 e. The number of hydrogen-bond donors (Lipinski definition) is 1. The van der Waals surface area contributed by atoms with Gasteiger partial charge in [-0.2, -0.15) is 0 Å². The molecule has 5 rings (SSSR count). The van der Waals surface area contributed by atoms with Crippen LogP contribution in [0.4, 0.5) is 0 Å². The lowest BCUT2D eigenvalue weighted by atomic mass is 9.88. The van der Waals surface area contributed by atoms with Crippen molar-refractivity contribution < 1.29 is 14.6 Å². The number of hydrogen-bond acceptors (Lipinski definition) is 4. The molecule has 5 nitrogen and oxygen atoms in total. The van der Waals surface area contributed by atoms with Crippen molar-refractivity contribution in [3.05, 3.63) is 95.7 Å². The molecule has 2 heterocycles. The van der Waals surface area contributed by atoms with E-state index >= 15 is 0 Å². The number of aromatic nitrogens is 1. The monoisotopic (exact) mass is 496 g/mol. The Morgan fingerprint density at radius 1 is 0.838 bits per heavy atom. The molecule has 192 valence electrons. The molecule has 0 unspecified atom stereocenters. The fraction of sp³-hybridized carbons (Fsp3) is 0.312. The second kappa shape index (κ2) is 11.2. The number of allylic oxidation sites excluding steroid dienone is 1. The summed E-state index contributed by atoms with van der Waals surface area (Å²) in [5.74, 6) is 1.67. The smallest absolute Gasteiger partial charge is 0.125 e. The number of aliphatic hydroxyl groups is 1. The van der Waals surface area contributed by atoms with Gasteiger partial charge in [0.25, 0.3) is 0 Å². The van der Waals surface area contributed by atoms with Crippen LogP contribution in [0.2, 0.25) is 0 Å². The summed E-state index contributed by atoms with van der Waals surface area (Å²) in [7, 11) is 3.39. The second-order valence-electron chi connectivity index (χ2n) is 9.60. The average Bonchev–Trinajstić information content (AvgIpc) is 3.61. The Labute approximate surface area is 219 Å². The molecule has 1 aliphatic heterocycles. The molecule has 1 fully saturated rings. The van der Waals surface area contributed by atoms with Crippen LogP contribution in [0.1, 0.15) is 42.9 Å². The first-order valence-electron chi connectivity index (χ1n) is 13.1. The molecule has 1 atom stereocenters. The van der Waals surface area contributed by atoms with E-state index in [-0.39, 0.29) is 0 Å². The van der Waals surface area contributed by atoms with Gasteiger partial charge in [0, 0.05) is 35.8 Å². The lowest BCUT2D eigenvalue weighted by molar-refractivity contribution is 0.00814. The number of fused-ring (bicyclic) bond motifs is 1. The first-order valence-corrected chi connectivity index (χ1v) is 13.1. The zero-order chi connectivity index (χ0) is 25.8. The van der Waals surface area contributed by atoms with Gasteiger partial charge in [0.05, 0.1) is 20.8 Å². The second-order valence-corrected chi connectivity index (χ2v) is 9.60. The molecule has 0 aliphatic carbocycles. The molecule has 5 heteroatoms.